The summed E-state index contributed by atoms with van der Waals surface area (Å²) in [5, 5.41) is 4.89. The van der Waals surface area contributed by atoms with Crippen molar-refractivity contribution in [1.29, 1.82) is 0 Å². The zero-order valence-electron chi connectivity index (χ0n) is 8.72. The van der Waals surface area contributed by atoms with Crippen molar-refractivity contribution in [3.05, 3.63) is 34.6 Å². The molecule has 0 spiro atoms. The highest BCUT2D eigenvalue weighted by Crippen LogP contribution is 2.30. The van der Waals surface area contributed by atoms with E-state index in [4.69, 9.17) is 5.73 Å². The molecule has 0 aliphatic rings. The van der Waals surface area contributed by atoms with E-state index in [9.17, 15) is 0 Å². The molecule has 2 rings (SSSR count). The standard InChI is InChI=1S/C10H11BrN4S/c1-15-10(13-6-14-15)16-9-4-8(11)3-2-7(9)5-12/h2-4,6H,5,12H2,1H3. The number of rotatable bonds is 3. The molecule has 0 unspecified atom stereocenters. The van der Waals surface area contributed by atoms with E-state index in [1.165, 1.54) is 0 Å². The predicted octanol–water partition coefficient (Wildman–Crippen LogP) is 2.19. The van der Waals surface area contributed by atoms with E-state index in [-0.39, 0.29) is 0 Å². The molecular formula is C10H11BrN4S. The van der Waals surface area contributed by atoms with E-state index < -0.39 is 0 Å². The largest absolute Gasteiger partial charge is 0.326 e. The van der Waals surface area contributed by atoms with Gasteiger partial charge in [-0.2, -0.15) is 5.10 Å². The van der Waals surface area contributed by atoms with Crippen molar-refractivity contribution in [2.45, 2.75) is 16.6 Å². The van der Waals surface area contributed by atoms with Crippen molar-refractivity contribution < 1.29 is 0 Å². The first kappa shape index (κ1) is 11.6. The van der Waals surface area contributed by atoms with Crippen LogP contribution in [0, 0.1) is 0 Å². The van der Waals surface area contributed by atoms with Crippen molar-refractivity contribution in [2.75, 3.05) is 0 Å². The lowest BCUT2D eigenvalue weighted by molar-refractivity contribution is 0.685. The monoisotopic (exact) mass is 298 g/mol. The van der Waals surface area contributed by atoms with E-state index in [1.54, 1.807) is 22.8 Å². The van der Waals surface area contributed by atoms with Crippen molar-refractivity contribution in [1.82, 2.24) is 14.8 Å². The third-order valence-corrected chi connectivity index (χ3v) is 3.77. The number of hydrogen-bond donors (Lipinski definition) is 1. The van der Waals surface area contributed by atoms with Gasteiger partial charge in [0.1, 0.15) is 6.33 Å². The average molecular weight is 299 g/mol. The van der Waals surface area contributed by atoms with Gasteiger partial charge < -0.3 is 5.73 Å². The first-order chi connectivity index (χ1) is 7.70. The molecule has 0 radical (unpaired) electrons. The summed E-state index contributed by atoms with van der Waals surface area (Å²) >= 11 is 5.02. The Morgan fingerprint density at radius 3 is 2.94 bits per heavy atom. The maximum Gasteiger partial charge on any atom is 0.190 e. The second-order valence-corrected chi connectivity index (χ2v) is 5.15. The van der Waals surface area contributed by atoms with Gasteiger partial charge in [-0.25, -0.2) is 9.67 Å². The van der Waals surface area contributed by atoms with Crippen molar-refractivity contribution in [3.8, 4) is 0 Å². The van der Waals surface area contributed by atoms with E-state index in [2.05, 4.69) is 26.0 Å². The molecule has 0 saturated carbocycles. The van der Waals surface area contributed by atoms with Crippen LogP contribution in [0.4, 0.5) is 0 Å². The van der Waals surface area contributed by atoms with E-state index in [1.807, 2.05) is 25.2 Å². The van der Waals surface area contributed by atoms with Crippen LogP contribution in [0.1, 0.15) is 5.56 Å². The number of nitrogens with zero attached hydrogens (tertiary/aromatic N) is 3. The van der Waals surface area contributed by atoms with Crippen LogP contribution < -0.4 is 5.73 Å². The maximum absolute atomic E-state index is 5.70. The number of benzene rings is 1. The number of aryl methyl sites for hydroxylation is 1. The summed E-state index contributed by atoms with van der Waals surface area (Å²) in [5.41, 5.74) is 6.80. The van der Waals surface area contributed by atoms with Crippen LogP contribution in [0.2, 0.25) is 0 Å². The Morgan fingerprint density at radius 2 is 2.31 bits per heavy atom. The molecule has 0 aliphatic heterocycles. The molecular weight excluding hydrogens is 288 g/mol. The Balaban J connectivity index is 2.33. The molecule has 0 amide bonds. The second kappa shape index (κ2) is 4.99. The van der Waals surface area contributed by atoms with E-state index >= 15 is 0 Å². The third-order valence-electron chi connectivity index (χ3n) is 2.12. The Morgan fingerprint density at radius 1 is 1.50 bits per heavy atom. The predicted molar refractivity (Wildman–Crippen MR) is 67.2 cm³/mol. The van der Waals surface area contributed by atoms with Crippen molar-refractivity contribution >= 4 is 27.7 Å². The third kappa shape index (κ3) is 2.45. The van der Waals surface area contributed by atoms with Gasteiger partial charge in [-0.15, -0.1) is 0 Å². The lowest BCUT2D eigenvalue weighted by atomic mass is 10.2. The highest BCUT2D eigenvalue weighted by molar-refractivity contribution is 9.10. The first-order valence-electron chi connectivity index (χ1n) is 4.71. The molecule has 1 heterocycles. The van der Waals surface area contributed by atoms with Gasteiger partial charge in [0.05, 0.1) is 0 Å². The molecule has 6 heteroatoms. The minimum absolute atomic E-state index is 0.521. The number of aromatic nitrogens is 3. The summed E-state index contributed by atoms with van der Waals surface area (Å²) in [6.07, 6.45) is 1.54. The highest BCUT2D eigenvalue weighted by Gasteiger charge is 2.07. The molecule has 0 bridgehead atoms. The minimum Gasteiger partial charge on any atom is -0.326 e. The summed E-state index contributed by atoms with van der Waals surface area (Å²) < 4.78 is 2.78. The molecule has 16 heavy (non-hydrogen) atoms. The molecule has 1 aromatic heterocycles. The van der Waals surface area contributed by atoms with Gasteiger partial charge in [0.15, 0.2) is 5.16 Å². The van der Waals surface area contributed by atoms with Gasteiger partial charge in [0.2, 0.25) is 0 Å². The normalized spacial score (nSPS) is 10.7. The van der Waals surface area contributed by atoms with E-state index in [0.717, 1.165) is 20.1 Å². The number of nitrogens with two attached hydrogens (primary N) is 1. The van der Waals surface area contributed by atoms with Gasteiger partial charge in [-0.05, 0) is 29.5 Å². The van der Waals surface area contributed by atoms with Crippen LogP contribution in [0.5, 0.6) is 0 Å². The Labute approximate surface area is 106 Å². The van der Waals surface area contributed by atoms with Crippen LogP contribution in [-0.4, -0.2) is 14.8 Å². The SMILES string of the molecule is Cn1ncnc1Sc1cc(Br)ccc1CN. The molecule has 2 aromatic rings. The molecule has 84 valence electrons. The minimum atomic E-state index is 0.521. The molecule has 0 fully saturated rings. The summed E-state index contributed by atoms with van der Waals surface area (Å²) in [6, 6.07) is 6.05. The van der Waals surface area contributed by atoms with Gasteiger partial charge in [-0.1, -0.05) is 22.0 Å². The molecule has 1 aromatic carbocycles. The fourth-order valence-electron chi connectivity index (χ4n) is 1.27. The fraction of sp³-hybridized carbons (Fsp3) is 0.200. The van der Waals surface area contributed by atoms with Gasteiger partial charge >= 0.3 is 0 Å². The summed E-state index contributed by atoms with van der Waals surface area (Å²) in [5.74, 6) is 0. The van der Waals surface area contributed by atoms with Gasteiger partial charge in [0.25, 0.3) is 0 Å². The second-order valence-electron chi connectivity index (χ2n) is 3.22. The Bertz CT molecular complexity index is 497. The van der Waals surface area contributed by atoms with Gasteiger partial charge in [0, 0.05) is 23.0 Å². The van der Waals surface area contributed by atoms with Crippen LogP contribution in [-0.2, 0) is 13.6 Å². The molecule has 0 atom stereocenters. The van der Waals surface area contributed by atoms with Gasteiger partial charge in [-0.3, -0.25) is 0 Å². The van der Waals surface area contributed by atoms with Crippen LogP contribution >= 0.6 is 27.7 Å². The smallest absolute Gasteiger partial charge is 0.190 e. The number of halogens is 1. The fourth-order valence-corrected chi connectivity index (χ4v) is 2.73. The maximum atomic E-state index is 5.70. The van der Waals surface area contributed by atoms with Crippen molar-refractivity contribution in [3.63, 3.8) is 0 Å². The highest BCUT2D eigenvalue weighted by atomic mass is 79.9. The quantitative estimate of drug-likeness (QED) is 0.944. The topological polar surface area (TPSA) is 56.7 Å². The zero-order chi connectivity index (χ0) is 11.5. The van der Waals surface area contributed by atoms with E-state index in [0.29, 0.717) is 6.54 Å². The number of hydrogen-bond acceptors (Lipinski definition) is 4. The zero-order valence-corrected chi connectivity index (χ0v) is 11.1. The lowest BCUT2D eigenvalue weighted by Gasteiger charge is -2.07. The lowest BCUT2D eigenvalue weighted by Crippen LogP contribution is -1.99. The summed E-state index contributed by atoms with van der Waals surface area (Å²) in [6.45, 7) is 0.521. The molecule has 4 nitrogen and oxygen atoms in total. The Kier molecular flexibility index (Phi) is 3.63. The average Bonchev–Trinajstić information content (AvgIpc) is 2.65. The van der Waals surface area contributed by atoms with Crippen LogP contribution in [0.15, 0.2) is 39.1 Å². The molecule has 0 saturated heterocycles. The molecule has 2 N–H and O–H groups in total. The first-order valence-corrected chi connectivity index (χ1v) is 6.32. The Hall–Kier alpha value is -0.850. The summed E-state index contributed by atoms with van der Waals surface area (Å²) in [4.78, 5) is 5.28. The van der Waals surface area contributed by atoms with Crippen molar-refractivity contribution in [2.24, 2.45) is 12.8 Å². The van der Waals surface area contributed by atoms with Crippen LogP contribution in [0.3, 0.4) is 0 Å². The molecule has 0 aliphatic carbocycles. The summed E-state index contributed by atoms with van der Waals surface area (Å²) in [7, 11) is 1.87. The van der Waals surface area contributed by atoms with Crippen LogP contribution in [0.25, 0.3) is 0 Å².